The van der Waals surface area contributed by atoms with Gasteiger partial charge in [0.15, 0.2) is 0 Å². The van der Waals surface area contributed by atoms with Crippen molar-refractivity contribution in [3.8, 4) is 0 Å². The van der Waals surface area contributed by atoms with Crippen molar-refractivity contribution in [2.45, 2.75) is 6.42 Å². The molecular weight excluding hydrogens is 320 g/mol. The van der Waals surface area contributed by atoms with E-state index in [0.29, 0.717) is 0 Å². The summed E-state index contributed by atoms with van der Waals surface area (Å²) in [6.07, 6.45) is 0.749. The first-order chi connectivity index (χ1) is 7.24. The summed E-state index contributed by atoms with van der Waals surface area (Å²) in [7, 11) is 0. The Labute approximate surface area is 105 Å². The molecule has 0 atom stereocenters. The van der Waals surface area contributed by atoms with Crippen LogP contribution in [0.5, 0.6) is 0 Å². The maximum atomic E-state index is 4.36. The second-order valence-corrected chi connectivity index (χ2v) is 4.71. The summed E-state index contributed by atoms with van der Waals surface area (Å²) in [5.74, 6) is 0. The Balaban J connectivity index is 2.22. The molecule has 0 saturated heterocycles. The van der Waals surface area contributed by atoms with Crippen molar-refractivity contribution in [1.29, 1.82) is 0 Å². The average Bonchev–Trinajstić information content (AvgIpc) is 2.17. The van der Waals surface area contributed by atoms with Crippen LogP contribution in [0.15, 0.2) is 45.6 Å². The predicted octanol–water partition coefficient (Wildman–Crippen LogP) is 3.59. The highest BCUT2D eigenvalue weighted by Gasteiger charge is 2.00. The molecule has 4 heteroatoms. The zero-order valence-corrected chi connectivity index (χ0v) is 11.0. The van der Waals surface area contributed by atoms with E-state index in [0.717, 1.165) is 27.0 Å². The third-order valence-corrected chi connectivity index (χ3v) is 2.79. The molecule has 0 amide bonds. The number of rotatable bonds is 2. The number of hydrogen-bond donors (Lipinski definition) is 0. The van der Waals surface area contributed by atoms with Crippen molar-refractivity contribution in [1.82, 2.24) is 9.97 Å². The van der Waals surface area contributed by atoms with Crippen LogP contribution in [0, 0.1) is 0 Å². The van der Waals surface area contributed by atoms with Gasteiger partial charge in [0, 0.05) is 17.8 Å². The SMILES string of the molecule is Brc1cccc(Cc2cccc(Br)n2)n1. The maximum absolute atomic E-state index is 4.36. The van der Waals surface area contributed by atoms with E-state index in [1.165, 1.54) is 0 Å². The average molecular weight is 328 g/mol. The molecule has 2 heterocycles. The Bertz CT molecular complexity index is 428. The molecule has 0 fully saturated rings. The first kappa shape index (κ1) is 10.8. The van der Waals surface area contributed by atoms with E-state index in [-0.39, 0.29) is 0 Å². The van der Waals surface area contributed by atoms with Gasteiger partial charge in [0.2, 0.25) is 0 Å². The Kier molecular flexibility index (Phi) is 3.49. The van der Waals surface area contributed by atoms with Gasteiger partial charge in [0.05, 0.1) is 0 Å². The van der Waals surface area contributed by atoms with E-state index in [1.54, 1.807) is 0 Å². The van der Waals surface area contributed by atoms with Crippen LogP contribution < -0.4 is 0 Å². The smallest absolute Gasteiger partial charge is 0.106 e. The largest absolute Gasteiger partial charge is 0.246 e. The Morgan fingerprint density at radius 1 is 0.800 bits per heavy atom. The number of pyridine rings is 2. The van der Waals surface area contributed by atoms with Gasteiger partial charge in [-0.25, -0.2) is 9.97 Å². The molecule has 0 aliphatic heterocycles. The molecule has 0 radical (unpaired) electrons. The van der Waals surface area contributed by atoms with Crippen LogP contribution in [-0.4, -0.2) is 9.97 Å². The molecule has 0 unspecified atom stereocenters. The molecule has 0 aliphatic carbocycles. The van der Waals surface area contributed by atoms with Gasteiger partial charge in [0.25, 0.3) is 0 Å². The molecule has 15 heavy (non-hydrogen) atoms. The van der Waals surface area contributed by atoms with Crippen LogP contribution >= 0.6 is 31.9 Å². The molecule has 76 valence electrons. The van der Waals surface area contributed by atoms with E-state index in [1.807, 2.05) is 36.4 Å². The zero-order valence-electron chi connectivity index (χ0n) is 7.82. The van der Waals surface area contributed by atoms with Crippen LogP contribution in [-0.2, 0) is 6.42 Å². The summed E-state index contributed by atoms with van der Waals surface area (Å²) >= 11 is 6.70. The molecule has 0 saturated carbocycles. The molecule has 2 nitrogen and oxygen atoms in total. The Morgan fingerprint density at radius 2 is 1.27 bits per heavy atom. The molecule has 0 N–H and O–H groups in total. The van der Waals surface area contributed by atoms with Crippen LogP contribution in [0.25, 0.3) is 0 Å². The van der Waals surface area contributed by atoms with Gasteiger partial charge in [-0.3, -0.25) is 0 Å². The van der Waals surface area contributed by atoms with E-state index >= 15 is 0 Å². The molecule has 0 aliphatic rings. The lowest BCUT2D eigenvalue weighted by atomic mass is 10.2. The van der Waals surface area contributed by atoms with E-state index in [9.17, 15) is 0 Å². The standard InChI is InChI=1S/C11H8Br2N2/c12-10-5-1-3-8(14-10)7-9-4-2-6-11(13)15-9/h1-6H,7H2. The van der Waals surface area contributed by atoms with Gasteiger partial charge >= 0.3 is 0 Å². The summed E-state index contributed by atoms with van der Waals surface area (Å²) < 4.78 is 1.71. The molecule has 2 aromatic rings. The fraction of sp³-hybridized carbons (Fsp3) is 0.0909. The van der Waals surface area contributed by atoms with Crippen LogP contribution in [0.2, 0.25) is 0 Å². The van der Waals surface area contributed by atoms with E-state index in [2.05, 4.69) is 41.8 Å². The minimum Gasteiger partial charge on any atom is -0.246 e. The second-order valence-electron chi connectivity index (χ2n) is 3.08. The highest BCUT2D eigenvalue weighted by atomic mass is 79.9. The fourth-order valence-corrected chi connectivity index (χ4v) is 2.04. The van der Waals surface area contributed by atoms with Gasteiger partial charge in [0.1, 0.15) is 9.21 Å². The summed E-state index contributed by atoms with van der Waals surface area (Å²) in [6, 6.07) is 11.8. The quantitative estimate of drug-likeness (QED) is 0.788. The molecule has 0 bridgehead atoms. The van der Waals surface area contributed by atoms with Crippen LogP contribution in [0.1, 0.15) is 11.4 Å². The van der Waals surface area contributed by atoms with Crippen molar-refractivity contribution >= 4 is 31.9 Å². The molecule has 2 rings (SSSR count). The summed E-state index contributed by atoms with van der Waals surface area (Å²) in [5.41, 5.74) is 2.02. The topological polar surface area (TPSA) is 25.8 Å². The zero-order chi connectivity index (χ0) is 10.7. The van der Waals surface area contributed by atoms with Crippen molar-refractivity contribution < 1.29 is 0 Å². The summed E-state index contributed by atoms with van der Waals surface area (Å²) in [5, 5.41) is 0. The molecule has 0 spiro atoms. The lowest BCUT2D eigenvalue weighted by Crippen LogP contribution is -1.95. The maximum Gasteiger partial charge on any atom is 0.106 e. The van der Waals surface area contributed by atoms with Gasteiger partial charge in [-0.05, 0) is 56.1 Å². The second kappa shape index (κ2) is 4.86. The van der Waals surface area contributed by atoms with Crippen LogP contribution in [0.4, 0.5) is 0 Å². The lowest BCUT2D eigenvalue weighted by molar-refractivity contribution is 0.994. The fourth-order valence-electron chi connectivity index (χ4n) is 1.28. The normalized spacial score (nSPS) is 10.3. The third-order valence-electron chi connectivity index (χ3n) is 1.91. The van der Waals surface area contributed by atoms with Gasteiger partial charge in [-0.1, -0.05) is 12.1 Å². The summed E-state index contributed by atoms with van der Waals surface area (Å²) in [6.45, 7) is 0. The Morgan fingerprint density at radius 3 is 1.67 bits per heavy atom. The number of hydrogen-bond acceptors (Lipinski definition) is 2. The first-order valence-electron chi connectivity index (χ1n) is 4.47. The number of halogens is 2. The molecule has 0 aromatic carbocycles. The first-order valence-corrected chi connectivity index (χ1v) is 6.05. The predicted molar refractivity (Wildman–Crippen MR) is 66.7 cm³/mol. The number of aromatic nitrogens is 2. The van der Waals surface area contributed by atoms with E-state index in [4.69, 9.17) is 0 Å². The van der Waals surface area contributed by atoms with Gasteiger partial charge in [-0.15, -0.1) is 0 Å². The molecule has 2 aromatic heterocycles. The van der Waals surface area contributed by atoms with E-state index < -0.39 is 0 Å². The highest BCUT2D eigenvalue weighted by Crippen LogP contribution is 2.12. The van der Waals surface area contributed by atoms with Crippen molar-refractivity contribution in [3.05, 3.63) is 57.0 Å². The number of nitrogens with zero attached hydrogens (tertiary/aromatic N) is 2. The molecular formula is C11H8Br2N2. The van der Waals surface area contributed by atoms with Crippen molar-refractivity contribution in [2.24, 2.45) is 0 Å². The lowest BCUT2D eigenvalue weighted by Gasteiger charge is -2.01. The monoisotopic (exact) mass is 326 g/mol. The summed E-state index contributed by atoms with van der Waals surface area (Å²) in [4.78, 5) is 8.72. The minimum atomic E-state index is 0.749. The minimum absolute atomic E-state index is 0.749. The van der Waals surface area contributed by atoms with Gasteiger partial charge < -0.3 is 0 Å². The van der Waals surface area contributed by atoms with Gasteiger partial charge in [-0.2, -0.15) is 0 Å². The third kappa shape index (κ3) is 3.11. The Hall–Kier alpha value is -0.740. The van der Waals surface area contributed by atoms with Crippen molar-refractivity contribution in [2.75, 3.05) is 0 Å². The highest BCUT2D eigenvalue weighted by molar-refractivity contribution is 9.10. The van der Waals surface area contributed by atoms with Crippen LogP contribution in [0.3, 0.4) is 0 Å². The van der Waals surface area contributed by atoms with Crippen molar-refractivity contribution in [3.63, 3.8) is 0 Å².